The smallest absolute Gasteiger partial charge is 0.171 e. The highest BCUT2D eigenvalue weighted by Gasteiger charge is 2.53. The van der Waals surface area contributed by atoms with Gasteiger partial charge in [0.1, 0.15) is 11.6 Å². The van der Waals surface area contributed by atoms with Crippen molar-refractivity contribution in [1.29, 1.82) is 0 Å². The van der Waals surface area contributed by atoms with Gasteiger partial charge < -0.3 is 0 Å². The molecule has 0 amide bonds. The topological polar surface area (TPSA) is 0 Å². The first-order valence-corrected chi connectivity index (χ1v) is 45.7. The Morgan fingerprint density at radius 3 is 0.914 bits per heavy atom. The molecule has 582 valence electrons. The minimum absolute atomic E-state index is 0.121. The van der Waals surface area contributed by atoms with Crippen LogP contribution in [0.4, 0.5) is 26.3 Å². The van der Waals surface area contributed by atoms with Crippen LogP contribution >= 0.6 is 22.7 Å². The summed E-state index contributed by atoms with van der Waals surface area (Å²) in [4.78, 5) is 1.48. The summed E-state index contributed by atoms with van der Waals surface area (Å²) in [5.41, 5.74) is 4.72. The highest BCUT2D eigenvalue weighted by Crippen LogP contribution is 2.65. The number of hydrogen-bond donors (Lipinski definition) is 0. The lowest BCUT2D eigenvalue weighted by atomic mass is 9.69. The molecule has 0 radical (unpaired) electrons. The summed E-state index contributed by atoms with van der Waals surface area (Å²) < 4.78 is 111. The molecule has 0 unspecified atom stereocenters. The quantitative estimate of drug-likeness (QED) is 0.0130. The van der Waals surface area contributed by atoms with E-state index in [2.05, 4.69) is 167 Å². The summed E-state index contributed by atoms with van der Waals surface area (Å²) in [5, 5.41) is 30.3. The standard InChI is InChI=1S/C108H96F6S2/c1-5-9-13-17-21-25-49-107(50-26-22-18-14-10-6-2)79-59-61(45-47-65(79)66-48-46-62(60-80(66)107)81-43-33-53-115-81)63-55-75-71-39-29-35-67-69-37-31-41-73-77-57-64(58-78-74-42-32-38-70-68-36-30-40-72-76(56-63)88(75)95-91(84(67)71)93(86(69)73)96(89(77)78)94(87(70)74)92(95)85(68)72)83-101(109)99-97(105(113)103(83)111)98-100(102(110)90(104(112)106(98)114)82-44-34-54-116-82)108(99,51-27-23-19-15-11-7-3)52-28-24-20-16-12-8-4/h29-48,53-60H,5-28,49-52H2,1-4H3. The second kappa shape index (κ2) is 29.2. The number of unbranched alkanes of at least 4 members (excludes halogenated alkanes) is 20. The van der Waals surface area contributed by atoms with E-state index in [-0.39, 0.29) is 39.8 Å². The molecule has 0 N–H and O–H groups in total. The second-order valence-corrected chi connectivity index (χ2v) is 36.8. The average Bonchev–Trinajstić information content (AvgIpc) is 0.838. The van der Waals surface area contributed by atoms with Crippen molar-refractivity contribution in [3.8, 4) is 65.4 Å². The Kier molecular flexibility index (Phi) is 18.6. The molecule has 2 aliphatic carbocycles. The highest BCUT2D eigenvalue weighted by atomic mass is 32.1. The zero-order valence-corrected chi connectivity index (χ0v) is 68.7. The van der Waals surface area contributed by atoms with Gasteiger partial charge in [0, 0.05) is 42.8 Å². The van der Waals surface area contributed by atoms with Crippen LogP contribution in [0.3, 0.4) is 0 Å². The molecule has 21 rings (SSSR count). The van der Waals surface area contributed by atoms with Gasteiger partial charge in [-0.3, -0.25) is 0 Å². The normalized spacial score (nSPS) is 14.0. The van der Waals surface area contributed by atoms with Gasteiger partial charge >= 0.3 is 0 Å². The molecule has 8 heteroatoms. The summed E-state index contributed by atoms with van der Waals surface area (Å²) in [7, 11) is 0. The van der Waals surface area contributed by atoms with E-state index in [1.54, 1.807) is 17.5 Å². The van der Waals surface area contributed by atoms with Crippen molar-refractivity contribution < 1.29 is 26.3 Å². The maximum atomic E-state index is 19.9. The third kappa shape index (κ3) is 10.7. The van der Waals surface area contributed by atoms with E-state index in [1.807, 2.05) is 23.5 Å². The van der Waals surface area contributed by atoms with Gasteiger partial charge in [-0.1, -0.05) is 291 Å². The molecular weight excluding hydrogens is 1480 g/mol. The van der Waals surface area contributed by atoms with Gasteiger partial charge in [-0.05, 0) is 259 Å². The monoisotopic (exact) mass is 1570 g/mol. The molecule has 0 atom stereocenters. The first-order chi connectivity index (χ1) is 57.0. The van der Waals surface area contributed by atoms with Crippen LogP contribution in [-0.2, 0) is 10.8 Å². The Bertz CT molecular complexity index is 6730. The highest BCUT2D eigenvalue weighted by molar-refractivity contribution is 7.13. The summed E-state index contributed by atoms with van der Waals surface area (Å²) >= 11 is 2.90. The van der Waals surface area contributed by atoms with Gasteiger partial charge in [-0.15, -0.1) is 22.7 Å². The van der Waals surface area contributed by atoms with E-state index in [4.69, 9.17) is 0 Å². The van der Waals surface area contributed by atoms with E-state index in [0.29, 0.717) is 25.7 Å². The summed E-state index contributed by atoms with van der Waals surface area (Å²) in [6, 6.07) is 58.2. The van der Waals surface area contributed by atoms with Gasteiger partial charge in [0.15, 0.2) is 23.3 Å². The molecule has 2 aliphatic rings. The molecule has 2 aromatic heterocycles. The van der Waals surface area contributed by atoms with E-state index in [0.717, 1.165) is 151 Å². The molecule has 0 nitrogen and oxygen atoms in total. The van der Waals surface area contributed by atoms with Crippen molar-refractivity contribution in [3.63, 3.8) is 0 Å². The van der Waals surface area contributed by atoms with Gasteiger partial charge in [0.25, 0.3) is 0 Å². The number of rotatable bonds is 32. The third-order valence-corrected chi connectivity index (χ3v) is 30.3. The number of thiophene rings is 2. The van der Waals surface area contributed by atoms with Crippen molar-refractivity contribution in [3.05, 3.63) is 226 Å². The van der Waals surface area contributed by atoms with Crippen LogP contribution in [-0.4, -0.2) is 0 Å². The predicted octanol–water partition coefficient (Wildman–Crippen LogP) is 35.3. The Labute approximate surface area is 682 Å². The van der Waals surface area contributed by atoms with Crippen molar-refractivity contribution in [2.75, 3.05) is 0 Å². The summed E-state index contributed by atoms with van der Waals surface area (Å²) in [6.45, 7) is 8.93. The van der Waals surface area contributed by atoms with E-state index >= 15 is 26.3 Å². The lowest BCUT2D eigenvalue weighted by Crippen LogP contribution is -2.29. The Morgan fingerprint density at radius 1 is 0.233 bits per heavy atom. The van der Waals surface area contributed by atoms with Gasteiger partial charge in [-0.2, -0.15) is 0 Å². The average molecular weight is 1570 g/mol. The first kappa shape index (κ1) is 74.0. The molecule has 0 spiro atoms. The minimum Gasteiger partial charge on any atom is -0.206 e. The maximum Gasteiger partial charge on any atom is 0.171 e. The molecule has 116 heavy (non-hydrogen) atoms. The van der Waals surface area contributed by atoms with Crippen molar-refractivity contribution in [2.45, 2.75) is 218 Å². The van der Waals surface area contributed by atoms with Gasteiger partial charge in [0.05, 0.1) is 11.1 Å². The molecule has 0 bridgehead atoms. The predicted molar refractivity (Wildman–Crippen MR) is 485 cm³/mol. The summed E-state index contributed by atoms with van der Waals surface area (Å²) in [6.07, 6.45) is 27.7. The Balaban J connectivity index is 0.805. The van der Waals surface area contributed by atoms with Gasteiger partial charge in [0.2, 0.25) is 0 Å². The van der Waals surface area contributed by atoms with Crippen LogP contribution in [0, 0.1) is 34.9 Å². The van der Waals surface area contributed by atoms with Gasteiger partial charge in [-0.25, -0.2) is 26.3 Å². The fourth-order valence-corrected chi connectivity index (χ4v) is 24.9. The number of halogens is 6. The molecule has 0 saturated heterocycles. The first-order valence-electron chi connectivity index (χ1n) is 43.9. The molecule has 0 fully saturated rings. The molecule has 2 heterocycles. The number of benzene rings is 17. The van der Waals surface area contributed by atoms with Crippen LogP contribution in [0.25, 0.3) is 195 Å². The Morgan fingerprint density at radius 2 is 0.534 bits per heavy atom. The van der Waals surface area contributed by atoms with Crippen LogP contribution in [0.2, 0.25) is 0 Å². The van der Waals surface area contributed by atoms with E-state index in [9.17, 15) is 0 Å². The zero-order valence-electron chi connectivity index (χ0n) is 67.0. The van der Waals surface area contributed by atoms with Crippen molar-refractivity contribution in [1.82, 2.24) is 0 Å². The van der Waals surface area contributed by atoms with Crippen LogP contribution < -0.4 is 0 Å². The zero-order chi connectivity index (χ0) is 78.6. The molecular formula is C108H96F6S2. The molecule has 0 aliphatic heterocycles. The van der Waals surface area contributed by atoms with Crippen LogP contribution in [0.5, 0.6) is 0 Å². The van der Waals surface area contributed by atoms with Crippen molar-refractivity contribution >= 4 is 152 Å². The largest absolute Gasteiger partial charge is 0.206 e. The summed E-state index contributed by atoms with van der Waals surface area (Å²) in [5.74, 6) is -8.09. The van der Waals surface area contributed by atoms with E-state index < -0.39 is 62.6 Å². The third-order valence-electron chi connectivity index (χ3n) is 28.5. The van der Waals surface area contributed by atoms with E-state index in [1.165, 1.54) is 175 Å². The lowest BCUT2D eigenvalue weighted by Gasteiger charge is -2.34. The lowest BCUT2D eigenvalue weighted by molar-refractivity contribution is 0.368. The fourth-order valence-electron chi connectivity index (χ4n) is 23.4. The van der Waals surface area contributed by atoms with Crippen LogP contribution in [0.15, 0.2) is 168 Å². The molecule has 0 saturated carbocycles. The van der Waals surface area contributed by atoms with Crippen LogP contribution in [0.1, 0.15) is 230 Å². The molecule has 17 aromatic carbocycles. The Hall–Kier alpha value is -9.60. The SMILES string of the molecule is CCCCCCCCC1(CCCCCCCC)c2cc(-c3cc4c5cccc6c7cccc8c9cc(-c%10c(F)c(F)c%11c(c%10F)C(CCCCCCCC)(CCCCCCCC)c%10c(F)c(-c%12cccs%12)c(F)c(F)c%10-%11)cc%10c%11cccc%12c%13cccc%14c(c3)c4c3c(c65)c(c78)c(c9%10)c(c%12%11)c3c%13%14)ccc2-c2ccc(-c3cccs3)cc21. The number of hydrogen-bond acceptors (Lipinski definition) is 2. The minimum atomic E-state index is -1.68. The number of fused-ring (bicyclic) bond motifs is 12. The maximum absolute atomic E-state index is 19.9. The van der Waals surface area contributed by atoms with Crippen molar-refractivity contribution in [2.24, 2.45) is 0 Å². The molecule has 19 aromatic rings. The second-order valence-electron chi connectivity index (χ2n) is 34.9. The fraction of sp³-hybridized carbons (Fsp3) is 0.315.